The molecule has 2 aromatic carbocycles. The number of nitrogens with zero attached hydrogens (tertiary/aromatic N) is 1. The predicted octanol–water partition coefficient (Wildman–Crippen LogP) is 5.43. The molecule has 0 atom stereocenters. The Morgan fingerprint density at radius 2 is 1.86 bits per heavy atom. The van der Waals surface area contributed by atoms with Crippen molar-refractivity contribution in [3.63, 3.8) is 0 Å². The van der Waals surface area contributed by atoms with Gasteiger partial charge in [0.15, 0.2) is 11.6 Å². The fourth-order valence-electron chi connectivity index (χ4n) is 3.04. The van der Waals surface area contributed by atoms with Gasteiger partial charge in [0.1, 0.15) is 12.2 Å². The summed E-state index contributed by atoms with van der Waals surface area (Å²) in [7, 11) is 0. The SMILES string of the molecule is CC(C)(C)OC(=O)N1CC=C(c2cccc(F)c2OCc2ccccc2)CC1. The highest BCUT2D eigenvalue weighted by Gasteiger charge is 2.25. The first-order chi connectivity index (χ1) is 13.3. The van der Waals surface area contributed by atoms with E-state index in [4.69, 9.17) is 9.47 Å². The smallest absolute Gasteiger partial charge is 0.410 e. The second-order valence-electron chi connectivity index (χ2n) is 7.80. The van der Waals surface area contributed by atoms with Gasteiger partial charge in [0.05, 0.1) is 0 Å². The highest BCUT2D eigenvalue weighted by Crippen LogP contribution is 2.33. The first-order valence-corrected chi connectivity index (χ1v) is 9.46. The van der Waals surface area contributed by atoms with Gasteiger partial charge in [0.25, 0.3) is 0 Å². The molecule has 0 spiro atoms. The lowest BCUT2D eigenvalue weighted by Gasteiger charge is -2.30. The van der Waals surface area contributed by atoms with Crippen LogP contribution in [0.15, 0.2) is 54.6 Å². The van der Waals surface area contributed by atoms with Gasteiger partial charge >= 0.3 is 6.09 Å². The number of halogens is 1. The Kier molecular flexibility index (Phi) is 6.02. The number of rotatable bonds is 4. The van der Waals surface area contributed by atoms with Crippen molar-refractivity contribution >= 4 is 11.7 Å². The number of amides is 1. The molecule has 1 amide bonds. The second kappa shape index (κ2) is 8.46. The van der Waals surface area contributed by atoms with E-state index < -0.39 is 5.60 Å². The maximum Gasteiger partial charge on any atom is 0.410 e. The fourth-order valence-corrected chi connectivity index (χ4v) is 3.04. The van der Waals surface area contributed by atoms with Crippen LogP contribution in [0, 0.1) is 5.82 Å². The Hall–Kier alpha value is -2.82. The molecule has 0 N–H and O–H groups in total. The van der Waals surface area contributed by atoms with Gasteiger partial charge < -0.3 is 14.4 Å². The molecule has 0 fully saturated rings. The van der Waals surface area contributed by atoms with Crippen molar-refractivity contribution in [1.29, 1.82) is 0 Å². The summed E-state index contributed by atoms with van der Waals surface area (Å²) in [6, 6.07) is 14.6. The van der Waals surface area contributed by atoms with Crippen molar-refractivity contribution in [3.8, 4) is 5.75 Å². The van der Waals surface area contributed by atoms with Gasteiger partial charge in [-0.15, -0.1) is 0 Å². The van der Waals surface area contributed by atoms with E-state index >= 15 is 0 Å². The minimum Gasteiger partial charge on any atom is -0.485 e. The number of ether oxygens (including phenoxy) is 2. The molecule has 1 aliphatic rings. The normalized spacial score (nSPS) is 14.4. The Morgan fingerprint density at radius 3 is 2.50 bits per heavy atom. The number of hydrogen-bond donors (Lipinski definition) is 0. The van der Waals surface area contributed by atoms with Gasteiger partial charge in [-0.05, 0) is 44.4 Å². The Balaban J connectivity index is 1.73. The molecule has 2 aromatic rings. The van der Waals surface area contributed by atoms with Crippen molar-refractivity contribution < 1.29 is 18.7 Å². The average molecular weight is 383 g/mol. The summed E-state index contributed by atoms with van der Waals surface area (Å²) in [4.78, 5) is 13.9. The van der Waals surface area contributed by atoms with Crippen molar-refractivity contribution in [2.45, 2.75) is 39.4 Å². The number of benzene rings is 2. The molecule has 0 saturated carbocycles. The van der Waals surface area contributed by atoms with Crippen LogP contribution < -0.4 is 4.74 Å². The monoisotopic (exact) mass is 383 g/mol. The van der Waals surface area contributed by atoms with Crippen LogP contribution in [0.2, 0.25) is 0 Å². The van der Waals surface area contributed by atoms with Gasteiger partial charge in [0.2, 0.25) is 0 Å². The Bertz CT molecular complexity index is 856. The molecule has 1 heterocycles. The summed E-state index contributed by atoms with van der Waals surface area (Å²) in [5, 5.41) is 0. The molecule has 0 radical (unpaired) electrons. The van der Waals surface area contributed by atoms with E-state index in [1.54, 1.807) is 11.0 Å². The quantitative estimate of drug-likeness (QED) is 0.707. The molecule has 0 saturated heterocycles. The maximum atomic E-state index is 14.5. The number of carbonyl (C=O) groups excluding carboxylic acids is 1. The lowest BCUT2D eigenvalue weighted by molar-refractivity contribution is 0.0270. The van der Waals surface area contributed by atoms with Crippen LogP contribution >= 0.6 is 0 Å². The van der Waals surface area contributed by atoms with Gasteiger partial charge in [-0.1, -0.05) is 48.5 Å². The topological polar surface area (TPSA) is 38.8 Å². The summed E-state index contributed by atoms with van der Waals surface area (Å²) in [6.45, 7) is 6.79. The molecule has 28 heavy (non-hydrogen) atoms. The molecular weight excluding hydrogens is 357 g/mol. The molecule has 0 unspecified atom stereocenters. The zero-order chi connectivity index (χ0) is 20.1. The standard InChI is InChI=1S/C23H26FNO3/c1-23(2,3)28-22(26)25-14-12-18(13-15-25)19-10-7-11-20(24)21(19)27-16-17-8-5-4-6-9-17/h4-12H,13-16H2,1-3H3. The third kappa shape index (κ3) is 5.12. The Labute approximate surface area is 165 Å². The van der Waals surface area contributed by atoms with Crippen molar-refractivity contribution in [3.05, 3.63) is 71.6 Å². The minimum absolute atomic E-state index is 0.253. The lowest BCUT2D eigenvalue weighted by Crippen LogP contribution is -2.39. The summed E-state index contributed by atoms with van der Waals surface area (Å²) in [6.07, 6.45) is 2.23. The fraction of sp³-hybridized carbons (Fsp3) is 0.348. The van der Waals surface area contributed by atoms with Gasteiger partial charge in [0, 0.05) is 18.7 Å². The lowest BCUT2D eigenvalue weighted by atomic mass is 9.98. The van der Waals surface area contributed by atoms with E-state index in [9.17, 15) is 9.18 Å². The zero-order valence-electron chi connectivity index (χ0n) is 16.6. The minimum atomic E-state index is -0.526. The van der Waals surface area contributed by atoms with Crippen LogP contribution in [0.5, 0.6) is 5.75 Å². The third-order valence-electron chi connectivity index (χ3n) is 4.40. The summed E-state index contributed by atoms with van der Waals surface area (Å²) in [5.74, 6) is -0.132. The van der Waals surface area contributed by atoms with Crippen molar-refractivity contribution in [2.75, 3.05) is 13.1 Å². The van der Waals surface area contributed by atoms with Crippen LogP contribution in [0.4, 0.5) is 9.18 Å². The number of hydrogen-bond acceptors (Lipinski definition) is 3. The maximum absolute atomic E-state index is 14.5. The first-order valence-electron chi connectivity index (χ1n) is 9.46. The van der Waals surface area contributed by atoms with E-state index in [0.717, 1.165) is 16.7 Å². The molecule has 148 valence electrons. The van der Waals surface area contributed by atoms with Crippen LogP contribution in [-0.2, 0) is 11.3 Å². The molecule has 0 aromatic heterocycles. The van der Waals surface area contributed by atoms with Gasteiger partial charge in [-0.3, -0.25) is 0 Å². The van der Waals surface area contributed by atoms with E-state index in [2.05, 4.69) is 0 Å². The molecule has 0 bridgehead atoms. The van der Waals surface area contributed by atoms with Crippen LogP contribution in [-0.4, -0.2) is 29.7 Å². The van der Waals surface area contributed by atoms with Crippen LogP contribution in [0.1, 0.15) is 38.3 Å². The molecule has 5 heteroatoms. The van der Waals surface area contributed by atoms with Crippen LogP contribution in [0.3, 0.4) is 0 Å². The summed E-state index contributed by atoms with van der Waals surface area (Å²) >= 11 is 0. The molecule has 1 aliphatic heterocycles. The Morgan fingerprint density at radius 1 is 1.11 bits per heavy atom. The summed E-state index contributed by atoms with van der Waals surface area (Å²) < 4.78 is 25.7. The van der Waals surface area contributed by atoms with E-state index in [1.165, 1.54) is 6.07 Å². The first kappa shape index (κ1) is 19.9. The molecule has 4 nitrogen and oxygen atoms in total. The molecule has 3 rings (SSSR count). The van der Waals surface area contributed by atoms with E-state index in [1.807, 2.05) is 63.2 Å². The number of carbonyl (C=O) groups is 1. The van der Waals surface area contributed by atoms with Crippen LogP contribution in [0.25, 0.3) is 5.57 Å². The average Bonchev–Trinajstić information content (AvgIpc) is 2.66. The largest absolute Gasteiger partial charge is 0.485 e. The highest BCUT2D eigenvalue weighted by molar-refractivity contribution is 5.75. The van der Waals surface area contributed by atoms with E-state index in [0.29, 0.717) is 26.1 Å². The van der Waals surface area contributed by atoms with E-state index in [-0.39, 0.29) is 17.7 Å². The number of para-hydroxylation sites is 1. The molecular formula is C23H26FNO3. The van der Waals surface area contributed by atoms with Gasteiger partial charge in [-0.2, -0.15) is 0 Å². The second-order valence-corrected chi connectivity index (χ2v) is 7.80. The van der Waals surface area contributed by atoms with Crippen molar-refractivity contribution in [2.24, 2.45) is 0 Å². The molecule has 0 aliphatic carbocycles. The summed E-state index contributed by atoms with van der Waals surface area (Å²) in [5.41, 5.74) is 2.16. The third-order valence-corrected chi connectivity index (χ3v) is 4.40. The predicted molar refractivity (Wildman–Crippen MR) is 108 cm³/mol. The van der Waals surface area contributed by atoms with Crippen molar-refractivity contribution in [1.82, 2.24) is 4.90 Å². The highest BCUT2D eigenvalue weighted by atomic mass is 19.1. The van der Waals surface area contributed by atoms with Gasteiger partial charge in [-0.25, -0.2) is 9.18 Å². The zero-order valence-corrected chi connectivity index (χ0v) is 16.6.